The molecule has 1 aliphatic heterocycles. The molecular formula is C15H19N3O. The number of aryl methyl sites for hydroxylation is 1. The van der Waals surface area contributed by atoms with E-state index in [-0.39, 0.29) is 11.9 Å². The molecule has 1 atom stereocenters. The number of carbonyl (C=O) groups is 1. The molecule has 0 spiro atoms. The van der Waals surface area contributed by atoms with Gasteiger partial charge in [-0.15, -0.1) is 0 Å². The highest BCUT2D eigenvalue weighted by atomic mass is 16.2. The number of piperidine rings is 1. The summed E-state index contributed by atoms with van der Waals surface area (Å²) in [6, 6.07) is 9.89. The minimum absolute atomic E-state index is 0.0500. The molecule has 1 unspecified atom stereocenters. The van der Waals surface area contributed by atoms with Crippen molar-refractivity contribution in [3.63, 3.8) is 0 Å². The maximum absolute atomic E-state index is 12.0. The predicted molar refractivity (Wildman–Crippen MR) is 74.6 cm³/mol. The molecule has 0 saturated carbocycles. The van der Waals surface area contributed by atoms with Crippen molar-refractivity contribution in [3.8, 4) is 6.07 Å². The molecule has 100 valence electrons. The van der Waals surface area contributed by atoms with Gasteiger partial charge in [0.15, 0.2) is 0 Å². The van der Waals surface area contributed by atoms with Crippen molar-refractivity contribution in [1.82, 2.24) is 4.90 Å². The molecule has 1 aromatic rings. The van der Waals surface area contributed by atoms with Gasteiger partial charge in [-0.05, 0) is 44.9 Å². The van der Waals surface area contributed by atoms with Gasteiger partial charge < -0.3 is 5.32 Å². The lowest BCUT2D eigenvalue weighted by Gasteiger charge is -2.30. The predicted octanol–water partition coefficient (Wildman–Crippen LogP) is 2.31. The summed E-state index contributed by atoms with van der Waals surface area (Å²) in [5.74, 6) is -0.0500. The van der Waals surface area contributed by atoms with Gasteiger partial charge in [0.05, 0.1) is 18.7 Å². The van der Waals surface area contributed by atoms with Crippen LogP contribution in [-0.4, -0.2) is 29.9 Å². The van der Waals surface area contributed by atoms with Crippen molar-refractivity contribution in [2.75, 3.05) is 18.4 Å². The zero-order chi connectivity index (χ0) is 13.7. The van der Waals surface area contributed by atoms with Crippen LogP contribution in [0.15, 0.2) is 24.3 Å². The number of hydrogen-bond acceptors (Lipinski definition) is 3. The second kappa shape index (κ2) is 6.35. The van der Waals surface area contributed by atoms with E-state index in [2.05, 4.69) is 11.4 Å². The lowest BCUT2D eigenvalue weighted by Crippen LogP contribution is -2.43. The fourth-order valence-electron chi connectivity index (χ4n) is 2.35. The first-order valence-electron chi connectivity index (χ1n) is 6.69. The summed E-state index contributed by atoms with van der Waals surface area (Å²) in [5.41, 5.74) is 1.97. The standard InChI is InChI=1S/C15H19N3O/c1-12-5-7-13(8-6-12)17-15(19)11-18-9-3-2-4-14(18)10-16/h5-8,14H,2-4,9,11H2,1H3,(H,17,19). The fourth-order valence-corrected chi connectivity index (χ4v) is 2.35. The maximum Gasteiger partial charge on any atom is 0.238 e. The van der Waals surface area contributed by atoms with E-state index in [0.717, 1.165) is 31.5 Å². The normalized spacial score (nSPS) is 19.7. The number of likely N-dealkylation sites (tertiary alicyclic amines) is 1. The van der Waals surface area contributed by atoms with Crippen molar-refractivity contribution in [2.45, 2.75) is 32.2 Å². The van der Waals surface area contributed by atoms with Crippen LogP contribution in [0.2, 0.25) is 0 Å². The average molecular weight is 257 g/mol. The smallest absolute Gasteiger partial charge is 0.238 e. The van der Waals surface area contributed by atoms with Crippen LogP contribution in [0.1, 0.15) is 24.8 Å². The Hall–Kier alpha value is -1.86. The SMILES string of the molecule is Cc1ccc(NC(=O)CN2CCCCC2C#N)cc1. The molecule has 4 heteroatoms. The van der Waals surface area contributed by atoms with Crippen LogP contribution in [0.3, 0.4) is 0 Å². The number of rotatable bonds is 3. The maximum atomic E-state index is 12.0. The Morgan fingerprint density at radius 3 is 2.84 bits per heavy atom. The third-order valence-electron chi connectivity index (χ3n) is 3.44. The highest BCUT2D eigenvalue weighted by Gasteiger charge is 2.23. The fraction of sp³-hybridized carbons (Fsp3) is 0.467. The molecular weight excluding hydrogens is 238 g/mol. The zero-order valence-corrected chi connectivity index (χ0v) is 11.2. The van der Waals surface area contributed by atoms with Crippen molar-refractivity contribution in [1.29, 1.82) is 5.26 Å². The van der Waals surface area contributed by atoms with E-state index >= 15 is 0 Å². The summed E-state index contributed by atoms with van der Waals surface area (Å²) in [7, 11) is 0. The van der Waals surface area contributed by atoms with Crippen molar-refractivity contribution < 1.29 is 4.79 Å². The van der Waals surface area contributed by atoms with Crippen molar-refractivity contribution in [3.05, 3.63) is 29.8 Å². The molecule has 0 radical (unpaired) electrons. The monoisotopic (exact) mass is 257 g/mol. The molecule has 1 N–H and O–H groups in total. The molecule has 1 aliphatic rings. The molecule has 1 fully saturated rings. The number of anilines is 1. The molecule has 0 bridgehead atoms. The lowest BCUT2D eigenvalue weighted by atomic mass is 10.0. The Morgan fingerprint density at radius 1 is 1.42 bits per heavy atom. The molecule has 1 aromatic carbocycles. The first-order valence-corrected chi connectivity index (χ1v) is 6.69. The van der Waals surface area contributed by atoms with Gasteiger partial charge >= 0.3 is 0 Å². The molecule has 1 saturated heterocycles. The molecule has 0 aliphatic carbocycles. The highest BCUT2D eigenvalue weighted by molar-refractivity contribution is 5.92. The van der Waals surface area contributed by atoms with Gasteiger partial charge in [-0.1, -0.05) is 17.7 Å². The number of nitrogens with one attached hydrogen (secondary N) is 1. The summed E-state index contributed by atoms with van der Waals surface area (Å²) in [4.78, 5) is 13.9. The van der Waals surface area contributed by atoms with Crippen LogP contribution >= 0.6 is 0 Å². The Morgan fingerprint density at radius 2 is 2.16 bits per heavy atom. The topological polar surface area (TPSA) is 56.1 Å². The third kappa shape index (κ3) is 3.80. The van der Waals surface area contributed by atoms with E-state index in [1.165, 1.54) is 5.56 Å². The first kappa shape index (κ1) is 13.6. The number of amides is 1. The molecule has 2 rings (SSSR count). The second-order valence-corrected chi connectivity index (χ2v) is 5.03. The number of benzene rings is 1. The number of carbonyl (C=O) groups excluding carboxylic acids is 1. The van der Waals surface area contributed by atoms with Gasteiger partial charge in [-0.3, -0.25) is 9.69 Å². The molecule has 4 nitrogen and oxygen atoms in total. The quantitative estimate of drug-likeness (QED) is 0.904. The van der Waals surface area contributed by atoms with Gasteiger partial charge in [0.2, 0.25) is 5.91 Å². The summed E-state index contributed by atoms with van der Waals surface area (Å²) in [5, 5.41) is 11.9. The van der Waals surface area contributed by atoms with Gasteiger partial charge in [0.25, 0.3) is 0 Å². The summed E-state index contributed by atoms with van der Waals surface area (Å²) in [6.07, 6.45) is 3.01. The van der Waals surface area contributed by atoms with Crippen LogP contribution in [0, 0.1) is 18.3 Å². The van der Waals surface area contributed by atoms with Crippen LogP contribution in [0.4, 0.5) is 5.69 Å². The van der Waals surface area contributed by atoms with Crippen LogP contribution in [0.25, 0.3) is 0 Å². The van der Waals surface area contributed by atoms with E-state index in [1.54, 1.807) is 0 Å². The first-order chi connectivity index (χ1) is 9.19. The molecule has 1 amide bonds. The number of nitrogens with zero attached hydrogens (tertiary/aromatic N) is 2. The average Bonchev–Trinajstić information content (AvgIpc) is 2.42. The third-order valence-corrected chi connectivity index (χ3v) is 3.44. The number of nitriles is 1. The second-order valence-electron chi connectivity index (χ2n) is 5.03. The number of hydrogen-bond donors (Lipinski definition) is 1. The molecule has 1 heterocycles. The van der Waals surface area contributed by atoms with Crippen molar-refractivity contribution >= 4 is 11.6 Å². The highest BCUT2D eigenvalue weighted by Crippen LogP contribution is 2.16. The lowest BCUT2D eigenvalue weighted by molar-refractivity contribution is -0.117. The van der Waals surface area contributed by atoms with E-state index in [4.69, 9.17) is 5.26 Å². The minimum Gasteiger partial charge on any atom is -0.325 e. The van der Waals surface area contributed by atoms with E-state index in [0.29, 0.717) is 6.54 Å². The van der Waals surface area contributed by atoms with E-state index < -0.39 is 0 Å². The summed E-state index contributed by atoms with van der Waals surface area (Å²) < 4.78 is 0. The Labute approximate surface area is 114 Å². The van der Waals surface area contributed by atoms with Crippen molar-refractivity contribution in [2.24, 2.45) is 0 Å². The van der Waals surface area contributed by atoms with E-state index in [9.17, 15) is 4.79 Å². The molecule has 0 aromatic heterocycles. The minimum atomic E-state index is -0.113. The Balaban J connectivity index is 1.90. The van der Waals surface area contributed by atoms with Gasteiger partial charge in [-0.25, -0.2) is 0 Å². The van der Waals surface area contributed by atoms with Gasteiger partial charge in [-0.2, -0.15) is 5.26 Å². The summed E-state index contributed by atoms with van der Waals surface area (Å²) >= 11 is 0. The van der Waals surface area contributed by atoms with Crippen LogP contribution in [-0.2, 0) is 4.79 Å². The largest absolute Gasteiger partial charge is 0.325 e. The van der Waals surface area contributed by atoms with E-state index in [1.807, 2.05) is 36.1 Å². The van der Waals surface area contributed by atoms with Crippen LogP contribution < -0.4 is 5.32 Å². The summed E-state index contributed by atoms with van der Waals surface area (Å²) in [6.45, 7) is 3.14. The Kier molecular flexibility index (Phi) is 4.53. The van der Waals surface area contributed by atoms with Gasteiger partial charge in [0.1, 0.15) is 0 Å². The Bertz CT molecular complexity index is 475. The zero-order valence-electron chi connectivity index (χ0n) is 11.2. The molecule has 19 heavy (non-hydrogen) atoms. The van der Waals surface area contributed by atoms with Crippen LogP contribution in [0.5, 0.6) is 0 Å². The van der Waals surface area contributed by atoms with Gasteiger partial charge in [0, 0.05) is 5.69 Å².